The third-order valence-electron chi connectivity index (χ3n) is 3.41. The molecule has 6 heteroatoms. The van der Waals surface area contributed by atoms with Crippen LogP contribution in [-0.4, -0.2) is 49.0 Å². The lowest BCUT2D eigenvalue weighted by molar-refractivity contribution is -0.127. The van der Waals surface area contributed by atoms with Gasteiger partial charge >= 0.3 is 0 Å². The van der Waals surface area contributed by atoms with Crippen LogP contribution in [0.1, 0.15) is 32.0 Å². The molecule has 5 nitrogen and oxygen atoms in total. The number of nitrogens with zero attached hydrogens (tertiary/aromatic N) is 3. The lowest BCUT2D eigenvalue weighted by atomic mass is 10.2. The second-order valence-corrected chi connectivity index (χ2v) is 5.76. The van der Waals surface area contributed by atoms with Crippen molar-refractivity contribution in [3.8, 4) is 0 Å². The fraction of sp³-hybridized carbons (Fsp3) is 0.692. The summed E-state index contributed by atoms with van der Waals surface area (Å²) in [5.41, 5.74) is 1.06. The normalized spacial score (nSPS) is 18.6. The Hall–Kier alpha value is -1.14. The van der Waals surface area contributed by atoms with Crippen LogP contribution in [0.4, 0.5) is 5.13 Å². The molecule has 1 aliphatic heterocycles. The number of carbonyl (C=O) groups excluding carboxylic acids is 1. The van der Waals surface area contributed by atoms with Crippen LogP contribution in [0, 0.1) is 0 Å². The van der Waals surface area contributed by atoms with Crippen molar-refractivity contribution in [3.05, 3.63) is 11.1 Å². The fourth-order valence-electron chi connectivity index (χ4n) is 2.18. The number of nitrogens with one attached hydrogen (secondary N) is 1. The first kappa shape index (κ1) is 14.3. The highest BCUT2D eigenvalue weighted by Gasteiger charge is 2.21. The van der Waals surface area contributed by atoms with E-state index in [0.717, 1.165) is 36.9 Å². The molecule has 1 aromatic heterocycles. The van der Waals surface area contributed by atoms with Crippen molar-refractivity contribution in [1.29, 1.82) is 0 Å². The Morgan fingerprint density at radius 1 is 1.53 bits per heavy atom. The molecule has 1 aliphatic rings. The summed E-state index contributed by atoms with van der Waals surface area (Å²) < 4.78 is 0. The molecule has 0 saturated carbocycles. The van der Waals surface area contributed by atoms with Gasteiger partial charge in [0.25, 0.3) is 0 Å². The van der Waals surface area contributed by atoms with Gasteiger partial charge in [-0.2, -0.15) is 0 Å². The van der Waals surface area contributed by atoms with Gasteiger partial charge < -0.3 is 15.1 Å². The molecular weight excluding hydrogens is 260 g/mol. The van der Waals surface area contributed by atoms with Crippen molar-refractivity contribution in [1.82, 2.24) is 15.2 Å². The van der Waals surface area contributed by atoms with Crippen LogP contribution in [0.15, 0.2) is 5.38 Å². The van der Waals surface area contributed by atoms with Crippen LogP contribution in [-0.2, 0) is 4.79 Å². The summed E-state index contributed by atoms with van der Waals surface area (Å²) in [5, 5.41) is 6.40. The van der Waals surface area contributed by atoms with Crippen molar-refractivity contribution in [2.75, 3.05) is 38.1 Å². The second-order valence-electron chi connectivity index (χ2n) is 4.92. The van der Waals surface area contributed by atoms with Gasteiger partial charge in [0, 0.05) is 31.6 Å². The Morgan fingerprint density at radius 3 is 3.05 bits per heavy atom. The highest BCUT2D eigenvalue weighted by atomic mass is 32.1. The maximum atomic E-state index is 11.9. The molecule has 1 aromatic rings. The van der Waals surface area contributed by atoms with E-state index in [9.17, 15) is 4.79 Å². The summed E-state index contributed by atoms with van der Waals surface area (Å²) in [6, 6.07) is 0.264. The third kappa shape index (κ3) is 3.45. The Morgan fingerprint density at radius 2 is 2.32 bits per heavy atom. The summed E-state index contributed by atoms with van der Waals surface area (Å²) in [6.45, 7) is 7.32. The topological polar surface area (TPSA) is 48.5 Å². The number of anilines is 1. The zero-order valence-electron chi connectivity index (χ0n) is 11.8. The van der Waals surface area contributed by atoms with Gasteiger partial charge in [-0.15, -0.1) is 11.3 Å². The number of likely N-dealkylation sites (N-methyl/N-ethyl adjacent to an activating group) is 1. The molecule has 1 saturated heterocycles. The van der Waals surface area contributed by atoms with Gasteiger partial charge in [-0.05, 0) is 19.9 Å². The first-order chi connectivity index (χ1) is 9.11. The predicted octanol–water partition coefficient (Wildman–Crippen LogP) is 1.48. The standard InChI is InChI=1S/C13H22N4OS/c1-4-14-10(2)11-9-19-13(15-11)17-7-5-6-16(3)12(18)8-17/h9-10,14H,4-8H2,1-3H3. The molecule has 106 valence electrons. The average Bonchev–Trinajstić information content (AvgIpc) is 2.81. The molecule has 0 aliphatic carbocycles. The Bertz CT molecular complexity index is 434. The molecule has 1 N–H and O–H groups in total. The Balaban J connectivity index is 2.07. The van der Waals surface area contributed by atoms with E-state index < -0.39 is 0 Å². The Kier molecular flexibility index (Phi) is 4.76. The molecule has 1 atom stereocenters. The van der Waals surface area contributed by atoms with E-state index in [1.165, 1.54) is 0 Å². The number of amides is 1. The summed E-state index contributed by atoms with van der Waals surface area (Å²) in [7, 11) is 1.87. The van der Waals surface area contributed by atoms with Crippen molar-refractivity contribution >= 4 is 22.4 Å². The quantitative estimate of drug-likeness (QED) is 0.909. The number of aromatic nitrogens is 1. The number of thiazole rings is 1. The molecule has 0 aromatic carbocycles. The largest absolute Gasteiger partial charge is 0.344 e. The molecule has 1 amide bonds. The fourth-order valence-corrected chi connectivity index (χ4v) is 3.13. The van der Waals surface area contributed by atoms with Crippen molar-refractivity contribution in [2.24, 2.45) is 0 Å². The third-order valence-corrected chi connectivity index (χ3v) is 4.33. The summed E-state index contributed by atoms with van der Waals surface area (Å²) in [5.74, 6) is 0.175. The van der Waals surface area contributed by atoms with E-state index in [1.807, 2.05) is 7.05 Å². The highest BCUT2D eigenvalue weighted by molar-refractivity contribution is 7.13. The van der Waals surface area contributed by atoms with Gasteiger partial charge in [-0.25, -0.2) is 4.98 Å². The maximum Gasteiger partial charge on any atom is 0.241 e. The number of rotatable bonds is 4. The average molecular weight is 282 g/mol. The zero-order valence-corrected chi connectivity index (χ0v) is 12.7. The predicted molar refractivity (Wildman–Crippen MR) is 78.7 cm³/mol. The molecule has 19 heavy (non-hydrogen) atoms. The lowest BCUT2D eigenvalue weighted by Gasteiger charge is -2.18. The van der Waals surface area contributed by atoms with Gasteiger partial charge in [-0.1, -0.05) is 6.92 Å². The monoisotopic (exact) mass is 282 g/mol. The van der Waals surface area contributed by atoms with E-state index in [4.69, 9.17) is 0 Å². The molecular formula is C13H22N4OS. The van der Waals surface area contributed by atoms with Crippen LogP contribution in [0.5, 0.6) is 0 Å². The smallest absolute Gasteiger partial charge is 0.241 e. The molecule has 2 heterocycles. The first-order valence-corrected chi connectivity index (χ1v) is 7.67. The molecule has 1 unspecified atom stereocenters. The highest BCUT2D eigenvalue weighted by Crippen LogP contribution is 2.25. The lowest BCUT2D eigenvalue weighted by Crippen LogP contribution is -2.34. The minimum atomic E-state index is 0.175. The number of carbonyl (C=O) groups is 1. The summed E-state index contributed by atoms with van der Waals surface area (Å²) >= 11 is 1.63. The van der Waals surface area contributed by atoms with E-state index in [2.05, 4.69) is 34.4 Å². The van der Waals surface area contributed by atoms with E-state index in [0.29, 0.717) is 6.54 Å². The van der Waals surface area contributed by atoms with Gasteiger partial charge in [0.2, 0.25) is 5.91 Å². The van der Waals surface area contributed by atoms with E-state index in [-0.39, 0.29) is 11.9 Å². The van der Waals surface area contributed by atoms with Crippen molar-refractivity contribution in [2.45, 2.75) is 26.3 Å². The van der Waals surface area contributed by atoms with Crippen LogP contribution in [0.25, 0.3) is 0 Å². The van der Waals surface area contributed by atoms with Crippen LogP contribution < -0.4 is 10.2 Å². The van der Waals surface area contributed by atoms with Gasteiger partial charge in [0.05, 0.1) is 12.2 Å². The van der Waals surface area contributed by atoms with Crippen molar-refractivity contribution < 1.29 is 4.79 Å². The SMILES string of the molecule is CCNC(C)c1csc(N2CCCN(C)C(=O)C2)n1. The molecule has 0 bridgehead atoms. The maximum absolute atomic E-state index is 11.9. The van der Waals surface area contributed by atoms with Crippen LogP contribution in [0.2, 0.25) is 0 Å². The first-order valence-electron chi connectivity index (χ1n) is 6.79. The summed E-state index contributed by atoms with van der Waals surface area (Å²) in [6.07, 6.45) is 1.000. The van der Waals surface area contributed by atoms with Crippen LogP contribution in [0.3, 0.4) is 0 Å². The Labute approximate surface area is 118 Å². The van der Waals surface area contributed by atoms with Gasteiger partial charge in [0.1, 0.15) is 0 Å². The van der Waals surface area contributed by atoms with Crippen LogP contribution >= 0.6 is 11.3 Å². The zero-order chi connectivity index (χ0) is 13.8. The van der Waals surface area contributed by atoms with E-state index >= 15 is 0 Å². The molecule has 2 rings (SSSR count). The minimum absolute atomic E-state index is 0.175. The van der Waals surface area contributed by atoms with Crippen molar-refractivity contribution in [3.63, 3.8) is 0 Å². The van der Waals surface area contributed by atoms with Gasteiger partial charge in [0.15, 0.2) is 5.13 Å². The summed E-state index contributed by atoms with van der Waals surface area (Å²) in [4.78, 5) is 20.5. The molecule has 0 spiro atoms. The number of hydrogen-bond acceptors (Lipinski definition) is 5. The molecule has 1 fully saturated rings. The second kappa shape index (κ2) is 6.34. The van der Waals surface area contributed by atoms with Gasteiger partial charge in [-0.3, -0.25) is 4.79 Å². The minimum Gasteiger partial charge on any atom is -0.344 e. The molecule has 0 radical (unpaired) electrons. The number of hydrogen-bond donors (Lipinski definition) is 1. The van der Waals surface area contributed by atoms with E-state index in [1.54, 1.807) is 16.2 Å².